The standard InChI is InChI=1S/C18H16BrN3O2/c1-12(9-13-4-6-15(19)7-5-13)21-18(23)16-10-17(24-22-16)14-3-2-8-20-11-14/h2-8,10-12H,9H2,1H3,(H,21,23). The summed E-state index contributed by atoms with van der Waals surface area (Å²) >= 11 is 3.41. The van der Waals surface area contributed by atoms with Crippen molar-refractivity contribution in [1.82, 2.24) is 15.5 Å². The van der Waals surface area contributed by atoms with Crippen molar-refractivity contribution < 1.29 is 9.32 Å². The lowest BCUT2D eigenvalue weighted by Crippen LogP contribution is -2.34. The van der Waals surface area contributed by atoms with E-state index in [1.54, 1.807) is 24.5 Å². The zero-order valence-electron chi connectivity index (χ0n) is 13.1. The van der Waals surface area contributed by atoms with Crippen molar-refractivity contribution in [2.24, 2.45) is 0 Å². The Balaban J connectivity index is 1.62. The molecule has 2 aromatic heterocycles. The lowest BCUT2D eigenvalue weighted by atomic mass is 10.1. The number of nitrogens with one attached hydrogen (secondary N) is 1. The predicted molar refractivity (Wildman–Crippen MR) is 94.5 cm³/mol. The summed E-state index contributed by atoms with van der Waals surface area (Å²) in [6.45, 7) is 1.96. The van der Waals surface area contributed by atoms with E-state index in [9.17, 15) is 4.79 Å². The summed E-state index contributed by atoms with van der Waals surface area (Å²) in [5, 5.41) is 6.78. The Hall–Kier alpha value is -2.47. The predicted octanol–water partition coefficient (Wildman–Crippen LogP) is 3.86. The van der Waals surface area contributed by atoms with Gasteiger partial charge in [-0.1, -0.05) is 33.2 Å². The first-order valence-corrected chi connectivity index (χ1v) is 8.33. The summed E-state index contributed by atoms with van der Waals surface area (Å²) < 4.78 is 6.26. The zero-order valence-corrected chi connectivity index (χ0v) is 14.7. The average molecular weight is 386 g/mol. The quantitative estimate of drug-likeness (QED) is 0.723. The molecule has 24 heavy (non-hydrogen) atoms. The molecular formula is C18H16BrN3O2. The van der Waals surface area contributed by atoms with Crippen LogP contribution in [0.4, 0.5) is 0 Å². The van der Waals surface area contributed by atoms with Gasteiger partial charge in [-0.05, 0) is 43.2 Å². The molecule has 1 aromatic carbocycles. The molecule has 0 bridgehead atoms. The van der Waals surface area contributed by atoms with E-state index >= 15 is 0 Å². The number of nitrogens with zero attached hydrogens (tertiary/aromatic N) is 2. The molecule has 1 atom stereocenters. The van der Waals surface area contributed by atoms with Crippen LogP contribution in [0.3, 0.4) is 0 Å². The maximum Gasteiger partial charge on any atom is 0.273 e. The van der Waals surface area contributed by atoms with Crippen molar-refractivity contribution in [3.05, 3.63) is 70.6 Å². The second-order valence-electron chi connectivity index (χ2n) is 5.52. The molecule has 1 amide bonds. The van der Waals surface area contributed by atoms with Gasteiger partial charge in [-0.3, -0.25) is 9.78 Å². The van der Waals surface area contributed by atoms with Crippen LogP contribution in [0.5, 0.6) is 0 Å². The number of rotatable bonds is 5. The number of carbonyl (C=O) groups is 1. The van der Waals surface area contributed by atoms with Gasteiger partial charge in [-0.25, -0.2) is 0 Å². The van der Waals surface area contributed by atoms with Crippen LogP contribution < -0.4 is 5.32 Å². The minimum Gasteiger partial charge on any atom is -0.355 e. The molecule has 1 N–H and O–H groups in total. The summed E-state index contributed by atoms with van der Waals surface area (Å²) in [4.78, 5) is 16.3. The van der Waals surface area contributed by atoms with Crippen LogP contribution in [-0.4, -0.2) is 22.1 Å². The molecule has 0 aliphatic heterocycles. The fourth-order valence-corrected chi connectivity index (χ4v) is 2.61. The minimum atomic E-state index is -0.251. The van der Waals surface area contributed by atoms with Gasteiger partial charge in [0.05, 0.1) is 0 Å². The molecule has 3 rings (SSSR count). The van der Waals surface area contributed by atoms with Crippen LogP contribution in [0.25, 0.3) is 11.3 Å². The number of aromatic nitrogens is 2. The van der Waals surface area contributed by atoms with Crippen LogP contribution >= 0.6 is 15.9 Å². The number of benzene rings is 1. The monoisotopic (exact) mass is 385 g/mol. The van der Waals surface area contributed by atoms with Crippen LogP contribution in [-0.2, 0) is 6.42 Å². The Kier molecular flexibility index (Phi) is 5.05. The van der Waals surface area contributed by atoms with Crippen molar-refractivity contribution in [3.63, 3.8) is 0 Å². The van der Waals surface area contributed by atoms with Crippen molar-refractivity contribution in [2.75, 3.05) is 0 Å². The Labute approximate surface area is 148 Å². The molecule has 2 heterocycles. The van der Waals surface area contributed by atoms with E-state index in [0.717, 1.165) is 22.0 Å². The average Bonchev–Trinajstić information content (AvgIpc) is 3.08. The molecule has 0 radical (unpaired) electrons. The van der Waals surface area contributed by atoms with Crippen LogP contribution in [0.2, 0.25) is 0 Å². The molecule has 0 saturated heterocycles. The van der Waals surface area contributed by atoms with E-state index in [4.69, 9.17) is 4.52 Å². The van der Waals surface area contributed by atoms with E-state index in [0.29, 0.717) is 5.76 Å². The smallest absolute Gasteiger partial charge is 0.273 e. The Bertz CT molecular complexity index is 816. The van der Waals surface area contributed by atoms with E-state index < -0.39 is 0 Å². The van der Waals surface area contributed by atoms with Gasteiger partial charge in [-0.2, -0.15) is 0 Å². The zero-order chi connectivity index (χ0) is 16.9. The molecule has 0 saturated carbocycles. The normalized spacial score (nSPS) is 11.9. The third kappa shape index (κ3) is 4.08. The molecule has 3 aromatic rings. The third-order valence-corrected chi connectivity index (χ3v) is 4.05. The Morgan fingerprint density at radius 2 is 2.08 bits per heavy atom. The van der Waals surface area contributed by atoms with Gasteiger partial charge in [0.15, 0.2) is 11.5 Å². The molecule has 0 spiro atoms. The molecule has 1 unspecified atom stereocenters. The largest absolute Gasteiger partial charge is 0.355 e. The molecule has 6 heteroatoms. The molecule has 0 aliphatic rings. The summed E-state index contributed by atoms with van der Waals surface area (Å²) in [6.07, 6.45) is 4.09. The van der Waals surface area contributed by atoms with E-state index in [1.807, 2.05) is 37.3 Å². The van der Waals surface area contributed by atoms with E-state index in [2.05, 4.69) is 31.4 Å². The van der Waals surface area contributed by atoms with Gasteiger partial charge < -0.3 is 9.84 Å². The molecular weight excluding hydrogens is 370 g/mol. The number of amides is 1. The van der Waals surface area contributed by atoms with E-state index in [-0.39, 0.29) is 17.6 Å². The van der Waals surface area contributed by atoms with Crippen LogP contribution in [0.1, 0.15) is 23.0 Å². The van der Waals surface area contributed by atoms with Gasteiger partial charge in [-0.15, -0.1) is 0 Å². The van der Waals surface area contributed by atoms with Gasteiger partial charge in [0.25, 0.3) is 5.91 Å². The van der Waals surface area contributed by atoms with Crippen molar-refractivity contribution in [3.8, 4) is 11.3 Å². The molecule has 5 nitrogen and oxygen atoms in total. The summed E-state index contributed by atoms with van der Waals surface area (Å²) in [6, 6.07) is 13.3. The number of pyridine rings is 1. The summed E-state index contributed by atoms with van der Waals surface area (Å²) in [5.41, 5.74) is 2.20. The highest BCUT2D eigenvalue weighted by Crippen LogP contribution is 2.19. The minimum absolute atomic E-state index is 0.0165. The maximum absolute atomic E-state index is 12.3. The second kappa shape index (κ2) is 7.40. The number of carbonyl (C=O) groups excluding carboxylic acids is 1. The van der Waals surface area contributed by atoms with Crippen molar-refractivity contribution >= 4 is 21.8 Å². The van der Waals surface area contributed by atoms with E-state index in [1.165, 1.54) is 0 Å². The highest BCUT2D eigenvalue weighted by atomic mass is 79.9. The fourth-order valence-electron chi connectivity index (χ4n) is 2.35. The first kappa shape index (κ1) is 16.4. The molecule has 122 valence electrons. The Morgan fingerprint density at radius 3 is 2.79 bits per heavy atom. The lowest BCUT2D eigenvalue weighted by Gasteiger charge is -2.12. The SMILES string of the molecule is CC(Cc1ccc(Br)cc1)NC(=O)c1cc(-c2cccnc2)on1. The van der Waals surface area contributed by atoms with Gasteiger partial charge in [0.2, 0.25) is 0 Å². The highest BCUT2D eigenvalue weighted by Gasteiger charge is 2.16. The Morgan fingerprint density at radius 1 is 1.29 bits per heavy atom. The van der Waals surface area contributed by atoms with Gasteiger partial charge >= 0.3 is 0 Å². The van der Waals surface area contributed by atoms with Crippen LogP contribution in [0.15, 0.2) is 63.9 Å². The van der Waals surface area contributed by atoms with Crippen LogP contribution in [0, 0.1) is 0 Å². The first-order chi connectivity index (χ1) is 11.6. The highest BCUT2D eigenvalue weighted by molar-refractivity contribution is 9.10. The summed E-state index contributed by atoms with van der Waals surface area (Å²) in [7, 11) is 0. The van der Waals surface area contributed by atoms with Crippen molar-refractivity contribution in [2.45, 2.75) is 19.4 Å². The molecule has 0 fully saturated rings. The third-order valence-electron chi connectivity index (χ3n) is 3.52. The maximum atomic E-state index is 12.3. The van der Waals surface area contributed by atoms with Gasteiger partial charge in [0, 0.05) is 34.5 Å². The number of halogens is 1. The second-order valence-corrected chi connectivity index (χ2v) is 6.44. The van der Waals surface area contributed by atoms with Gasteiger partial charge in [0.1, 0.15) is 0 Å². The first-order valence-electron chi connectivity index (χ1n) is 7.54. The number of hydrogen-bond donors (Lipinski definition) is 1. The lowest BCUT2D eigenvalue weighted by molar-refractivity contribution is 0.0931. The molecule has 0 aliphatic carbocycles. The topological polar surface area (TPSA) is 68.0 Å². The fraction of sp³-hybridized carbons (Fsp3) is 0.167. The van der Waals surface area contributed by atoms with Crippen molar-refractivity contribution in [1.29, 1.82) is 0 Å². The summed E-state index contributed by atoms with van der Waals surface area (Å²) in [5.74, 6) is 0.271. The number of hydrogen-bond acceptors (Lipinski definition) is 4.